The zero-order valence-corrected chi connectivity index (χ0v) is 23.8. The second kappa shape index (κ2) is 13.2. The fraction of sp³-hybridized carbons (Fsp3) is 0.481. The maximum Gasteiger partial charge on any atom is 0.244 e. The molecule has 2 aromatic carbocycles. The first-order chi connectivity index (χ1) is 18.0. The number of nitrogens with one attached hydrogen (secondary N) is 1. The molecule has 1 unspecified atom stereocenters. The van der Waals surface area contributed by atoms with Crippen molar-refractivity contribution in [2.75, 3.05) is 31.3 Å². The van der Waals surface area contributed by atoms with E-state index in [1.807, 2.05) is 12.1 Å². The summed E-state index contributed by atoms with van der Waals surface area (Å²) in [5.41, 5.74) is 0.991. The van der Waals surface area contributed by atoms with Gasteiger partial charge in [-0.2, -0.15) is 0 Å². The van der Waals surface area contributed by atoms with Crippen molar-refractivity contribution < 1.29 is 27.5 Å². The van der Waals surface area contributed by atoms with E-state index in [1.165, 1.54) is 30.2 Å². The highest BCUT2D eigenvalue weighted by Gasteiger charge is 2.31. The fourth-order valence-corrected chi connectivity index (χ4v) is 5.60. The van der Waals surface area contributed by atoms with Crippen molar-refractivity contribution in [2.24, 2.45) is 0 Å². The summed E-state index contributed by atoms with van der Waals surface area (Å²) in [6.45, 7) is 1.27. The fourth-order valence-electron chi connectivity index (χ4n) is 4.50. The Morgan fingerprint density at radius 3 is 2.26 bits per heavy atom. The second-order valence-corrected chi connectivity index (χ2v) is 11.8. The molecule has 0 heterocycles. The van der Waals surface area contributed by atoms with Gasteiger partial charge in [0.15, 0.2) is 0 Å². The van der Waals surface area contributed by atoms with Gasteiger partial charge in [0.2, 0.25) is 21.8 Å². The number of sulfonamides is 1. The molecular formula is C27H36ClN3O6S. The molecule has 2 amide bonds. The number of rotatable bonds is 11. The average Bonchev–Trinajstić information content (AvgIpc) is 2.90. The molecule has 0 aromatic heterocycles. The average molecular weight is 566 g/mol. The number of halogens is 1. The van der Waals surface area contributed by atoms with Gasteiger partial charge in [-0.3, -0.25) is 13.9 Å². The summed E-state index contributed by atoms with van der Waals surface area (Å²) in [5.74, 6) is 0.250. The molecule has 0 radical (unpaired) electrons. The summed E-state index contributed by atoms with van der Waals surface area (Å²) in [6.07, 6.45) is 6.10. The minimum absolute atomic E-state index is 0.0746. The highest BCUT2D eigenvalue weighted by Crippen LogP contribution is 2.30. The Kier molecular flexibility index (Phi) is 10.3. The zero-order valence-electron chi connectivity index (χ0n) is 22.3. The summed E-state index contributed by atoms with van der Waals surface area (Å²) in [5, 5.41) is 3.29. The Labute approximate surface area is 230 Å². The number of amides is 2. The number of nitrogens with zero attached hydrogens (tertiary/aromatic N) is 2. The summed E-state index contributed by atoms with van der Waals surface area (Å²) in [7, 11) is -0.847. The van der Waals surface area contributed by atoms with Crippen LogP contribution in [0, 0.1) is 0 Å². The number of anilines is 1. The van der Waals surface area contributed by atoms with Crippen LogP contribution in [0.3, 0.4) is 0 Å². The van der Waals surface area contributed by atoms with E-state index in [-0.39, 0.29) is 29.2 Å². The second-order valence-electron chi connectivity index (χ2n) is 9.48. The van der Waals surface area contributed by atoms with Gasteiger partial charge < -0.3 is 19.7 Å². The third kappa shape index (κ3) is 7.77. The van der Waals surface area contributed by atoms with Crippen LogP contribution in [0.2, 0.25) is 5.02 Å². The molecule has 1 aliphatic carbocycles. The Hall–Kier alpha value is -2.98. The van der Waals surface area contributed by atoms with Crippen molar-refractivity contribution in [1.82, 2.24) is 10.2 Å². The summed E-state index contributed by atoms with van der Waals surface area (Å²) in [6, 6.07) is 10.9. The van der Waals surface area contributed by atoms with E-state index >= 15 is 0 Å². The van der Waals surface area contributed by atoms with Gasteiger partial charge in [0.05, 0.1) is 31.2 Å². The Balaban J connectivity index is 1.88. The van der Waals surface area contributed by atoms with E-state index in [2.05, 4.69) is 5.32 Å². The molecule has 9 nitrogen and oxygen atoms in total. The van der Waals surface area contributed by atoms with Gasteiger partial charge in [-0.1, -0.05) is 43.0 Å². The number of benzene rings is 2. The molecule has 11 heteroatoms. The molecule has 2 aromatic rings. The maximum atomic E-state index is 13.7. The molecule has 0 aliphatic heterocycles. The zero-order chi connectivity index (χ0) is 27.9. The van der Waals surface area contributed by atoms with Crippen molar-refractivity contribution in [3.8, 4) is 11.5 Å². The number of carbonyl (C=O) groups excluding carboxylic acids is 2. The summed E-state index contributed by atoms with van der Waals surface area (Å²) >= 11 is 6.23. The van der Waals surface area contributed by atoms with Crippen molar-refractivity contribution in [1.29, 1.82) is 0 Å². The van der Waals surface area contributed by atoms with E-state index in [1.54, 1.807) is 26.2 Å². The van der Waals surface area contributed by atoms with Gasteiger partial charge in [-0.25, -0.2) is 8.42 Å². The molecule has 0 spiro atoms. The van der Waals surface area contributed by atoms with E-state index in [4.69, 9.17) is 21.1 Å². The van der Waals surface area contributed by atoms with Gasteiger partial charge in [0.25, 0.3) is 0 Å². The smallest absolute Gasteiger partial charge is 0.244 e. The molecule has 3 rings (SSSR count). The van der Waals surface area contributed by atoms with Crippen LogP contribution >= 0.6 is 11.6 Å². The first-order valence-corrected chi connectivity index (χ1v) is 14.8. The quantitative estimate of drug-likeness (QED) is 0.442. The number of ether oxygens (including phenoxy) is 2. The van der Waals surface area contributed by atoms with Crippen LogP contribution in [0.15, 0.2) is 42.5 Å². The van der Waals surface area contributed by atoms with E-state index in [0.717, 1.165) is 48.2 Å². The lowest BCUT2D eigenvalue weighted by molar-refractivity contribution is -0.139. The molecule has 1 fully saturated rings. The molecule has 0 bridgehead atoms. The van der Waals surface area contributed by atoms with Crippen molar-refractivity contribution in [2.45, 2.75) is 57.7 Å². The summed E-state index contributed by atoms with van der Waals surface area (Å²) < 4.78 is 36.8. The predicted octanol–water partition coefficient (Wildman–Crippen LogP) is 3.99. The van der Waals surface area contributed by atoms with Crippen molar-refractivity contribution in [3.63, 3.8) is 0 Å². The van der Waals surface area contributed by atoms with Gasteiger partial charge >= 0.3 is 0 Å². The van der Waals surface area contributed by atoms with Crippen molar-refractivity contribution in [3.05, 3.63) is 53.1 Å². The third-order valence-corrected chi connectivity index (χ3v) is 8.17. The topological polar surface area (TPSA) is 105 Å². The monoisotopic (exact) mass is 565 g/mol. The number of carbonyl (C=O) groups is 2. The molecule has 1 aliphatic rings. The molecule has 1 saturated carbocycles. The SMILES string of the molecule is COc1ccc(CN(C(=O)CN(c2ccc(OC)c(Cl)c2)S(C)(=O)=O)C(C)C(=O)NC2CCCCC2)cc1. The lowest BCUT2D eigenvalue weighted by Crippen LogP contribution is -2.52. The standard InChI is InChI=1S/C27H36ClN3O6S/c1-19(27(33)29-21-8-6-5-7-9-21)30(17-20-10-13-23(36-2)14-11-20)26(32)18-31(38(4,34)35)22-12-15-25(37-3)24(28)16-22/h10-16,19,21H,5-9,17-18H2,1-4H3,(H,29,33). The minimum atomic E-state index is -3.86. The van der Waals surface area contributed by atoms with Gasteiger partial charge in [0.1, 0.15) is 24.1 Å². The highest BCUT2D eigenvalue weighted by molar-refractivity contribution is 7.92. The molecular weight excluding hydrogens is 530 g/mol. The lowest BCUT2D eigenvalue weighted by atomic mass is 9.95. The van der Waals surface area contributed by atoms with Gasteiger partial charge in [0, 0.05) is 12.6 Å². The minimum Gasteiger partial charge on any atom is -0.497 e. The molecule has 38 heavy (non-hydrogen) atoms. The van der Waals surface area contributed by atoms with Gasteiger partial charge in [-0.15, -0.1) is 0 Å². The third-order valence-electron chi connectivity index (χ3n) is 6.73. The lowest BCUT2D eigenvalue weighted by Gasteiger charge is -2.33. The Bertz CT molecular complexity index is 1220. The first kappa shape index (κ1) is 29.6. The van der Waals surface area contributed by atoms with Crippen LogP contribution in [0.4, 0.5) is 5.69 Å². The highest BCUT2D eigenvalue weighted by atomic mass is 35.5. The van der Waals surface area contributed by atoms with Gasteiger partial charge in [-0.05, 0) is 55.7 Å². The van der Waals surface area contributed by atoms with Crippen LogP contribution < -0.4 is 19.1 Å². The normalized spacial score (nSPS) is 14.9. The van der Waals surface area contributed by atoms with Crippen LogP contribution in [0.5, 0.6) is 11.5 Å². The van der Waals surface area contributed by atoms with E-state index < -0.39 is 28.5 Å². The molecule has 208 valence electrons. The Morgan fingerprint density at radius 2 is 1.71 bits per heavy atom. The van der Waals surface area contributed by atoms with Crippen LogP contribution in [0.1, 0.15) is 44.6 Å². The summed E-state index contributed by atoms with van der Waals surface area (Å²) in [4.78, 5) is 28.3. The molecule has 0 saturated heterocycles. The predicted molar refractivity (Wildman–Crippen MR) is 148 cm³/mol. The molecule has 1 atom stereocenters. The van der Waals surface area contributed by atoms with E-state index in [9.17, 15) is 18.0 Å². The number of hydrogen-bond donors (Lipinski definition) is 1. The number of methoxy groups -OCH3 is 2. The maximum absolute atomic E-state index is 13.7. The largest absolute Gasteiger partial charge is 0.497 e. The first-order valence-electron chi connectivity index (χ1n) is 12.6. The van der Waals surface area contributed by atoms with E-state index in [0.29, 0.717) is 11.5 Å². The van der Waals surface area contributed by atoms with Crippen LogP contribution in [0.25, 0.3) is 0 Å². The number of hydrogen-bond acceptors (Lipinski definition) is 6. The van der Waals surface area contributed by atoms with Crippen molar-refractivity contribution >= 4 is 39.1 Å². The van der Waals surface area contributed by atoms with Crippen LogP contribution in [-0.4, -0.2) is 64.2 Å². The van der Waals surface area contributed by atoms with Crippen LogP contribution in [-0.2, 0) is 26.2 Å². The molecule has 1 N–H and O–H groups in total. The Morgan fingerprint density at radius 1 is 1.05 bits per heavy atom.